The second-order valence-corrected chi connectivity index (χ2v) is 4.88. The van der Waals surface area contributed by atoms with Crippen LogP contribution in [0.4, 0.5) is 4.39 Å². The number of halogens is 1. The van der Waals surface area contributed by atoms with E-state index in [0.717, 1.165) is 32.7 Å². The summed E-state index contributed by atoms with van der Waals surface area (Å²) in [5, 5.41) is 0. The fourth-order valence-electron chi connectivity index (χ4n) is 2.27. The van der Waals surface area contributed by atoms with E-state index < -0.39 is 0 Å². The van der Waals surface area contributed by atoms with Gasteiger partial charge in [0.2, 0.25) is 5.91 Å². The van der Waals surface area contributed by atoms with Crippen molar-refractivity contribution < 1.29 is 13.9 Å². The first-order valence-electron chi connectivity index (χ1n) is 7.07. The maximum Gasteiger partial charge on any atom is 0.222 e. The molecule has 0 saturated carbocycles. The Morgan fingerprint density at radius 2 is 1.85 bits per heavy atom. The highest BCUT2D eigenvalue weighted by Gasteiger charge is 2.19. The average molecular weight is 280 g/mol. The van der Waals surface area contributed by atoms with Crippen LogP contribution in [-0.2, 0) is 4.79 Å². The molecule has 1 saturated heterocycles. The average Bonchev–Trinajstić information content (AvgIpc) is 2.49. The van der Waals surface area contributed by atoms with Crippen molar-refractivity contribution in [3.63, 3.8) is 0 Å². The fourth-order valence-corrected chi connectivity index (χ4v) is 2.27. The predicted molar refractivity (Wildman–Crippen MR) is 75.2 cm³/mol. The van der Waals surface area contributed by atoms with Crippen LogP contribution in [0.15, 0.2) is 24.3 Å². The number of hydrogen-bond acceptors (Lipinski definition) is 3. The monoisotopic (exact) mass is 280 g/mol. The summed E-state index contributed by atoms with van der Waals surface area (Å²) < 4.78 is 18.3. The van der Waals surface area contributed by atoms with Gasteiger partial charge in [0.1, 0.15) is 18.2 Å². The van der Waals surface area contributed by atoms with Gasteiger partial charge in [0.15, 0.2) is 0 Å². The van der Waals surface area contributed by atoms with Crippen LogP contribution < -0.4 is 4.74 Å². The number of hydrogen-bond donors (Lipinski definition) is 0. The lowest BCUT2D eigenvalue weighted by molar-refractivity contribution is -0.132. The fraction of sp³-hybridized carbons (Fsp3) is 0.533. The van der Waals surface area contributed by atoms with E-state index in [9.17, 15) is 9.18 Å². The lowest BCUT2D eigenvalue weighted by Crippen LogP contribution is -2.49. The summed E-state index contributed by atoms with van der Waals surface area (Å²) in [6.07, 6.45) is 0.577. The molecule has 0 unspecified atom stereocenters. The Kier molecular flexibility index (Phi) is 5.35. The highest BCUT2D eigenvalue weighted by atomic mass is 19.1. The number of ether oxygens (including phenoxy) is 1. The molecule has 0 aliphatic carbocycles. The molecule has 1 heterocycles. The number of rotatable bonds is 5. The smallest absolute Gasteiger partial charge is 0.222 e. The first-order chi connectivity index (χ1) is 9.69. The number of carbonyl (C=O) groups is 1. The number of piperazine rings is 1. The Balaban J connectivity index is 1.66. The van der Waals surface area contributed by atoms with E-state index in [0.29, 0.717) is 18.8 Å². The standard InChI is InChI=1S/C15H21FN2O2/c1-2-15(19)18-9-7-17(8-10-18)11-12-20-14-5-3-13(16)4-6-14/h3-6H,2,7-12H2,1H3. The molecular formula is C15H21FN2O2. The van der Waals surface area contributed by atoms with E-state index in [1.807, 2.05) is 11.8 Å². The van der Waals surface area contributed by atoms with E-state index in [2.05, 4.69) is 4.90 Å². The topological polar surface area (TPSA) is 32.8 Å². The third-order valence-electron chi connectivity index (χ3n) is 3.52. The molecule has 1 aliphatic heterocycles. The molecule has 1 fully saturated rings. The molecule has 0 N–H and O–H groups in total. The maximum atomic E-state index is 12.7. The Morgan fingerprint density at radius 3 is 2.45 bits per heavy atom. The molecule has 0 bridgehead atoms. The van der Waals surface area contributed by atoms with Crippen molar-refractivity contribution in [3.05, 3.63) is 30.1 Å². The molecule has 20 heavy (non-hydrogen) atoms. The van der Waals surface area contributed by atoms with Gasteiger partial charge in [-0.1, -0.05) is 6.92 Å². The molecule has 0 radical (unpaired) electrons. The summed E-state index contributed by atoms with van der Waals surface area (Å²) in [6.45, 7) is 6.66. The van der Waals surface area contributed by atoms with Gasteiger partial charge in [-0.3, -0.25) is 9.69 Å². The van der Waals surface area contributed by atoms with Gasteiger partial charge in [0.25, 0.3) is 0 Å². The molecule has 0 atom stereocenters. The molecular weight excluding hydrogens is 259 g/mol. The lowest BCUT2D eigenvalue weighted by Gasteiger charge is -2.34. The quantitative estimate of drug-likeness (QED) is 0.824. The minimum Gasteiger partial charge on any atom is -0.492 e. The van der Waals surface area contributed by atoms with Crippen LogP contribution in [0.2, 0.25) is 0 Å². The van der Waals surface area contributed by atoms with Crippen molar-refractivity contribution in [2.24, 2.45) is 0 Å². The highest BCUT2D eigenvalue weighted by Crippen LogP contribution is 2.11. The summed E-state index contributed by atoms with van der Waals surface area (Å²) >= 11 is 0. The van der Waals surface area contributed by atoms with Crippen molar-refractivity contribution in [1.82, 2.24) is 9.80 Å². The molecule has 110 valence electrons. The largest absolute Gasteiger partial charge is 0.492 e. The second-order valence-electron chi connectivity index (χ2n) is 4.88. The van der Waals surface area contributed by atoms with Gasteiger partial charge in [0.05, 0.1) is 0 Å². The Morgan fingerprint density at radius 1 is 1.20 bits per heavy atom. The second kappa shape index (κ2) is 7.24. The van der Waals surface area contributed by atoms with Crippen LogP contribution >= 0.6 is 0 Å². The van der Waals surface area contributed by atoms with Crippen molar-refractivity contribution in [2.45, 2.75) is 13.3 Å². The summed E-state index contributed by atoms with van der Waals surface area (Å²) in [6, 6.07) is 6.05. The van der Waals surface area contributed by atoms with Crippen LogP contribution in [0.3, 0.4) is 0 Å². The molecule has 1 amide bonds. The highest BCUT2D eigenvalue weighted by molar-refractivity contribution is 5.75. The van der Waals surface area contributed by atoms with Gasteiger partial charge < -0.3 is 9.64 Å². The van der Waals surface area contributed by atoms with E-state index in [1.165, 1.54) is 12.1 Å². The first kappa shape index (κ1) is 14.8. The lowest BCUT2D eigenvalue weighted by atomic mass is 10.3. The number of amides is 1. The minimum atomic E-state index is -0.255. The van der Waals surface area contributed by atoms with Crippen molar-refractivity contribution in [2.75, 3.05) is 39.3 Å². The predicted octanol–water partition coefficient (Wildman–Crippen LogP) is 1.76. The molecule has 2 rings (SSSR count). The summed E-state index contributed by atoms with van der Waals surface area (Å²) in [5.41, 5.74) is 0. The van der Waals surface area contributed by atoms with Crippen LogP contribution in [0.25, 0.3) is 0 Å². The van der Waals surface area contributed by atoms with Crippen LogP contribution in [0, 0.1) is 5.82 Å². The number of carbonyl (C=O) groups excluding carboxylic acids is 1. The Hall–Kier alpha value is -1.62. The van der Waals surface area contributed by atoms with Crippen molar-refractivity contribution in [3.8, 4) is 5.75 Å². The van der Waals surface area contributed by atoms with E-state index in [-0.39, 0.29) is 11.7 Å². The van der Waals surface area contributed by atoms with Gasteiger partial charge in [0, 0.05) is 39.1 Å². The summed E-state index contributed by atoms with van der Waals surface area (Å²) in [4.78, 5) is 15.7. The Labute approximate surface area is 119 Å². The van der Waals surface area contributed by atoms with Crippen molar-refractivity contribution in [1.29, 1.82) is 0 Å². The van der Waals surface area contributed by atoms with Crippen LogP contribution in [-0.4, -0.2) is 55.0 Å². The van der Waals surface area contributed by atoms with Gasteiger partial charge >= 0.3 is 0 Å². The molecule has 0 aromatic heterocycles. The van der Waals surface area contributed by atoms with Crippen molar-refractivity contribution >= 4 is 5.91 Å². The SMILES string of the molecule is CCC(=O)N1CCN(CCOc2ccc(F)cc2)CC1. The number of benzene rings is 1. The third kappa shape index (κ3) is 4.20. The first-order valence-corrected chi connectivity index (χ1v) is 7.07. The van der Waals surface area contributed by atoms with Gasteiger partial charge in [-0.2, -0.15) is 0 Å². The molecule has 4 nitrogen and oxygen atoms in total. The van der Waals surface area contributed by atoms with Crippen LogP contribution in [0.5, 0.6) is 5.75 Å². The molecule has 1 aliphatic rings. The van der Waals surface area contributed by atoms with E-state index in [1.54, 1.807) is 12.1 Å². The zero-order chi connectivity index (χ0) is 14.4. The number of nitrogens with zero attached hydrogens (tertiary/aromatic N) is 2. The maximum absolute atomic E-state index is 12.7. The van der Waals surface area contributed by atoms with Crippen LogP contribution in [0.1, 0.15) is 13.3 Å². The van der Waals surface area contributed by atoms with Gasteiger partial charge in [-0.15, -0.1) is 0 Å². The molecule has 1 aromatic carbocycles. The third-order valence-corrected chi connectivity index (χ3v) is 3.52. The molecule has 0 spiro atoms. The Bertz CT molecular complexity index is 428. The molecule has 1 aromatic rings. The normalized spacial score (nSPS) is 16.2. The van der Waals surface area contributed by atoms with E-state index >= 15 is 0 Å². The molecule has 5 heteroatoms. The summed E-state index contributed by atoms with van der Waals surface area (Å²) in [7, 11) is 0. The minimum absolute atomic E-state index is 0.229. The van der Waals surface area contributed by atoms with Gasteiger partial charge in [-0.05, 0) is 24.3 Å². The zero-order valence-electron chi connectivity index (χ0n) is 11.8. The summed E-state index contributed by atoms with van der Waals surface area (Å²) in [5.74, 6) is 0.660. The van der Waals surface area contributed by atoms with E-state index in [4.69, 9.17) is 4.74 Å². The van der Waals surface area contributed by atoms with Gasteiger partial charge in [-0.25, -0.2) is 4.39 Å². The zero-order valence-corrected chi connectivity index (χ0v) is 11.8.